The molecule has 0 aliphatic carbocycles. The Kier molecular flexibility index (Phi) is 3.38. The van der Waals surface area contributed by atoms with Gasteiger partial charge in [-0.25, -0.2) is 0 Å². The lowest BCUT2D eigenvalue weighted by Crippen LogP contribution is -2.27. The van der Waals surface area contributed by atoms with E-state index in [0.29, 0.717) is 12.3 Å². The average molecular weight is 257 g/mol. The maximum atomic E-state index is 12.2. The fourth-order valence-corrected chi connectivity index (χ4v) is 2.79. The van der Waals surface area contributed by atoms with Crippen molar-refractivity contribution in [3.05, 3.63) is 36.1 Å². The molecule has 3 rings (SSSR count). The van der Waals surface area contributed by atoms with Crippen LogP contribution in [0.25, 0.3) is 11.0 Å². The summed E-state index contributed by atoms with van der Waals surface area (Å²) in [6, 6.07) is 9.60. The maximum absolute atomic E-state index is 12.2. The summed E-state index contributed by atoms with van der Waals surface area (Å²) >= 11 is 0. The van der Waals surface area contributed by atoms with Gasteiger partial charge in [-0.2, -0.15) is 0 Å². The van der Waals surface area contributed by atoms with Crippen LogP contribution < -0.4 is 0 Å². The molecule has 1 aliphatic rings. The maximum Gasteiger partial charge on any atom is 0.211 e. The molecule has 1 aromatic carbocycles. The third kappa shape index (κ3) is 2.56. The number of fused-ring (bicyclic) bond motifs is 1. The Morgan fingerprint density at radius 1 is 1.42 bits per heavy atom. The third-order valence-corrected chi connectivity index (χ3v) is 4.01. The van der Waals surface area contributed by atoms with Gasteiger partial charge >= 0.3 is 0 Å². The standard InChI is InChI=1S/C16H19NO2/c1-2-12-7-8-17(10-12)11-14(18)16-9-13-5-3-4-6-15(13)19-16/h3-6,9,12H,2,7-8,10-11H2,1H3. The number of rotatable bonds is 4. The Morgan fingerprint density at radius 3 is 3.00 bits per heavy atom. The van der Waals surface area contributed by atoms with E-state index in [9.17, 15) is 4.79 Å². The van der Waals surface area contributed by atoms with Gasteiger partial charge < -0.3 is 4.42 Å². The second-order valence-corrected chi connectivity index (χ2v) is 5.37. The van der Waals surface area contributed by atoms with Gasteiger partial charge in [-0.05, 0) is 31.0 Å². The number of ketones is 1. The van der Waals surface area contributed by atoms with E-state index in [0.717, 1.165) is 30.0 Å². The topological polar surface area (TPSA) is 33.5 Å². The minimum atomic E-state index is 0.0907. The zero-order chi connectivity index (χ0) is 13.2. The molecule has 0 radical (unpaired) electrons. The molecule has 3 nitrogen and oxygen atoms in total. The van der Waals surface area contributed by atoms with E-state index in [1.165, 1.54) is 12.8 Å². The summed E-state index contributed by atoms with van der Waals surface area (Å²) in [4.78, 5) is 14.5. The fraction of sp³-hybridized carbons (Fsp3) is 0.438. The second kappa shape index (κ2) is 5.17. The lowest BCUT2D eigenvalue weighted by Gasteiger charge is -2.13. The first-order valence-electron chi connectivity index (χ1n) is 7.00. The Labute approximate surface area is 113 Å². The molecular weight excluding hydrogens is 238 g/mol. The van der Waals surface area contributed by atoms with Crippen molar-refractivity contribution >= 4 is 16.8 Å². The Morgan fingerprint density at radius 2 is 2.26 bits per heavy atom. The molecule has 0 N–H and O–H groups in total. The minimum absolute atomic E-state index is 0.0907. The van der Waals surface area contributed by atoms with Gasteiger partial charge in [-0.1, -0.05) is 31.5 Å². The number of para-hydroxylation sites is 1. The minimum Gasteiger partial charge on any atom is -0.453 e. The molecule has 1 saturated heterocycles. The lowest BCUT2D eigenvalue weighted by atomic mass is 10.1. The zero-order valence-corrected chi connectivity index (χ0v) is 11.3. The molecule has 3 heteroatoms. The van der Waals surface area contributed by atoms with Crippen LogP contribution in [0, 0.1) is 5.92 Å². The number of likely N-dealkylation sites (tertiary alicyclic amines) is 1. The Bertz CT molecular complexity index is 554. The molecular formula is C16H19NO2. The predicted molar refractivity (Wildman–Crippen MR) is 75.4 cm³/mol. The summed E-state index contributed by atoms with van der Waals surface area (Å²) in [5.41, 5.74) is 0.790. The fourth-order valence-electron chi connectivity index (χ4n) is 2.79. The molecule has 0 bridgehead atoms. The molecule has 19 heavy (non-hydrogen) atoms. The van der Waals surface area contributed by atoms with Crippen molar-refractivity contribution in [3.63, 3.8) is 0 Å². The average Bonchev–Trinajstić information content (AvgIpc) is 3.04. The zero-order valence-electron chi connectivity index (χ0n) is 11.3. The van der Waals surface area contributed by atoms with E-state index >= 15 is 0 Å². The normalized spacial score (nSPS) is 20.2. The molecule has 0 amide bonds. The molecule has 0 saturated carbocycles. The number of carbonyl (C=O) groups excluding carboxylic acids is 1. The molecule has 1 atom stereocenters. The summed E-state index contributed by atoms with van der Waals surface area (Å²) in [5.74, 6) is 1.33. The lowest BCUT2D eigenvalue weighted by molar-refractivity contribution is 0.0918. The van der Waals surface area contributed by atoms with Gasteiger partial charge in [0.05, 0.1) is 6.54 Å². The van der Waals surface area contributed by atoms with Crippen molar-refractivity contribution in [2.75, 3.05) is 19.6 Å². The van der Waals surface area contributed by atoms with Gasteiger partial charge in [-0.3, -0.25) is 9.69 Å². The van der Waals surface area contributed by atoms with Crippen LogP contribution in [0.15, 0.2) is 34.7 Å². The predicted octanol–water partition coefficient (Wildman–Crippen LogP) is 3.35. The molecule has 1 unspecified atom stereocenters. The van der Waals surface area contributed by atoms with Crippen molar-refractivity contribution in [3.8, 4) is 0 Å². The van der Waals surface area contributed by atoms with Crippen LogP contribution in [0.3, 0.4) is 0 Å². The Balaban J connectivity index is 1.70. The van der Waals surface area contributed by atoms with Gasteiger partial charge in [-0.15, -0.1) is 0 Å². The van der Waals surface area contributed by atoms with Crippen LogP contribution in [-0.4, -0.2) is 30.3 Å². The van der Waals surface area contributed by atoms with Crippen LogP contribution in [0.1, 0.15) is 30.3 Å². The molecule has 0 spiro atoms. The molecule has 1 fully saturated rings. The number of hydrogen-bond donors (Lipinski definition) is 0. The van der Waals surface area contributed by atoms with E-state index in [1.807, 2.05) is 30.3 Å². The number of hydrogen-bond acceptors (Lipinski definition) is 3. The highest BCUT2D eigenvalue weighted by molar-refractivity contribution is 5.98. The van der Waals surface area contributed by atoms with Gasteiger partial charge in [0.25, 0.3) is 0 Å². The smallest absolute Gasteiger partial charge is 0.211 e. The molecule has 2 aromatic rings. The first-order chi connectivity index (χ1) is 9.26. The number of Topliss-reactive ketones (excluding diaryl/α,β-unsaturated/α-hetero) is 1. The van der Waals surface area contributed by atoms with Crippen LogP contribution in [0.2, 0.25) is 0 Å². The van der Waals surface area contributed by atoms with Crippen LogP contribution in [0.4, 0.5) is 0 Å². The molecule has 2 heterocycles. The first-order valence-corrected chi connectivity index (χ1v) is 7.00. The number of benzene rings is 1. The van der Waals surface area contributed by atoms with Crippen molar-refractivity contribution in [1.82, 2.24) is 4.90 Å². The van der Waals surface area contributed by atoms with E-state index in [4.69, 9.17) is 4.42 Å². The van der Waals surface area contributed by atoms with Gasteiger partial charge in [0.15, 0.2) is 5.76 Å². The highest BCUT2D eigenvalue weighted by Gasteiger charge is 2.24. The summed E-state index contributed by atoms with van der Waals surface area (Å²) in [6.45, 7) is 4.78. The molecule has 1 aromatic heterocycles. The third-order valence-electron chi connectivity index (χ3n) is 4.01. The highest BCUT2D eigenvalue weighted by Crippen LogP contribution is 2.22. The summed E-state index contributed by atoms with van der Waals surface area (Å²) in [5, 5.41) is 0.999. The van der Waals surface area contributed by atoms with E-state index < -0.39 is 0 Å². The SMILES string of the molecule is CCC1CCN(CC(=O)c2cc3ccccc3o2)C1. The van der Waals surface area contributed by atoms with E-state index in [-0.39, 0.29) is 5.78 Å². The van der Waals surface area contributed by atoms with Crippen molar-refractivity contribution in [2.24, 2.45) is 5.92 Å². The summed E-state index contributed by atoms with van der Waals surface area (Å²) < 4.78 is 5.62. The first kappa shape index (κ1) is 12.4. The molecule has 1 aliphatic heterocycles. The Hall–Kier alpha value is -1.61. The summed E-state index contributed by atoms with van der Waals surface area (Å²) in [7, 11) is 0. The number of nitrogens with zero attached hydrogens (tertiary/aromatic N) is 1. The quantitative estimate of drug-likeness (QED) is 0.788. The van der Waals surface area contributed by atoms with Crippen LogP contribution >= 0.6 is 0 Å². The van der Waals surface area contributed by atoms with Crippen LogP contribution in [0.5, 0.6) is 0 Å². The second-order valence-electron chi connectivity index (χ2n) is 5.37. The van der Waals surface area contributed by atoms with E-state index in [2.05, 4.69) is 11.8 Å². The van der Waals surface area contributed by atoms with Crippen molar-refractivity contribution in [2.45, 2.75) is 19.8 Å². The van der Waals surface area contributed by atoms with Crippen molar-refractivity contribution in [1.29, 1.82) is 0 Å². The van der Waals surface area contributed by atoms with Gasteiger partial charge in [0.1, 0.15) is 5.58 Å². The largest absolute Gasteiger partial charge is 0.453 e. The number of carbonyl (C=O) groups is 1. The number of furan rings is 1. The highest BCUT2D eigenvalue weighted by atomic mass is 16.3. The van der Waals surface area contributed by atoms with Crippen molar-refractivity contribution < 1.29 is 9.21 Å². The van der Waals surface area contributed by atoms with E-state index in [1.54, 1.807) is 0 Å². The van der Waals surface area contributed by atoms with Gasteiger partial charge in [0.2, 0.25) is 5.78 Å². The van der Waals surface area contributed by atoms with Crippen LogP contribution in [-0.2, 0) is 0 Å². The molecule has 100 valence electrons. The summed E-state index contributed by atoms with van der Waals surface area (Å²) in [6.07, 6.45) is 2.42. The monoisotopic (exact) mass is 257 g/mol. The van der Waals surface area contributed by atoms with Gasteiger partial charge in [0, 0.05) is 11.9 Å².